The van der Waals surface area contributed by atoms with E-state index in [0.717, 1.165) is 0 Å². The fourth-order valence-corrected chi connectivity index (χ4v) is 1.48. The number of hydrogen-bond donors (Lipinski definition) is 2. The van der Waals surface area contributed by atoms with E-state index >= 15 is 0 Å². The summed E-state index contributed by atoms with van der Waals surface area (Å²) in [7, 11) is 0. The van der Waals surface area contributed by atoms with Gasteiger partial charge in [0.15, 0.2) is 0 Å². The average molecular weight is 290 g/mol. The molecule has 0 bridgehead atoms. The standard InChI is InChI=1S/C13H17F3N2O2/c1-9(7-17)6-12(19)18-8-10-2-4-11(5-3-10)20-13(14,15)16/h2-5,9H,6-8,17H2,1H3,(H,18,19). The van der Waals surface area contributed by atoms with Crippen molar-refractivity contribution in [2.24, 2.45) is 11.7 Å². The van der Waals surface area contributed by atoms with E-state index in [1.54, 1.807) is 0 Å². The first kappa shape index (κ1) is 16.3. The first-order valence-electron chi connectivity index (χ1n) is 6.11. The molecule has 0 aliphatic carbocycles. The molecule has 0 aliphatic heterocycles. The number of amides is 1. The summed E-state index contributed by atoms with van der Waals surface area (Å²) in [4.78, 5) is 11.5. The van der Waals surface area contributed by atoms with Gasteiger partial charge in [0.2, 0.25) is 5.91 Å². The second-order valence-electron chi connectivity index (χ2n) is 4.51. The Kier molecular flexibility index (Phi) is 5.82. The molecule has 0 saturated carbocycles. The molecular formula is C13H17F3N2O2. The summed E-state index contributed by atoms with van der Waals surface area (Å²) < 4.78 is 39.6. The topological polar surface area (TPSA) is 64.4 Å². The van der Waals surface area contributed by atoms with Crippen LogP contribution in [0.4, 0.5) is 13.2 Å². The zero-order chi connectivity index (χ0) is 15.2. The molecule has 1 aromatic rings. The quantitative estimate of drug-likeness (QED) is 0.844. The number of ether oxygens (including phenoxy) is 1. The number of carbonyl (C=O) groups excluding carboxylic acids is 1. The molecule has 1 aromatic carbocycles. The number of benzene rings is 1. The van der Waals surface area contributed by atoms with Crippen molar-refractivity contribution in [2.75, 3.05) is 6.54 Å². The van der Waals surface area contributed by atoms with Crippen LogP contribution in [0.3, 0.4) is 0 Å². The number of hydrogen-bond acceptors (Lipinski definition) is 3. The maximum absolute atomic E-state index is 12.0. The Bertz CT molecular complexity index is 432. The molecule has 1 rings (SSSR count). The van der Waals surface area contributed by atoms with Gasteiger partial charge in [-0.15, -0.1) is 13.2 Å². The first-order valence-corrected chi connectivity index (χ1v) is 6.11. The van der Waals surface area contributed by atoms with Crippen LogP contribution in [0.2, 0.25) is 0 Å². The number of nitrogens with two attached hydrogens (primary N) is 1. The highest BCUT2D eigenvalue weighted by Gasteiger charge is 2.30. The van der Waals surface area contributed by atoms with Gasteiger partial charge in [-0.3, -0.25) is 4.79 Å². The molecule has 0 fully saturated rings. The lowest BCUT2D eigenvalue weighted by molar-refractivity contribution is -0.274. The minimum absolute atomic E-state index is 0.0950. The third-order valence-corrected chi connectivity index (χ3v) is 2.58. The largest absolute Gasteiger partial charge is 0.573 e. The Morgan fingerprint density at radius 3 is 2.45 bits per heavy atom. The predicted molar refractivity (Wildman–Crippen MR) is 67.8 cm³/mol. The van der Waals surface area contributed by atoms with Crippen molar-refractivity contribution in [1.82, 2.24) is 5.32 Å². The third-order valence-electron chi connectivity index (χ3n) is 2.58. The monoisotopic (exact) mass is 290 g/mol. The van der Waals surface area contributed by atoms with Gasteiger partial charge in [-0.25, -0.2) is 0 Å². The highest BCUT2D eigenvalue weighted by Crippen LogP contribution is 2.22. The lowest BCUT2D eigenvalue weighted by Gasteiger charge is -2.11. The van der Waals surface area contributed by atoms with Crippen LogP contribution in [0.1, 0.15) is 18.9 Å². The number of halogens is 3. The number of rotatable bonds is 6. The zero-order valence-electron chi connectivity index (χ0n) is 11.0. The summed E-state index contributed by atoms with van der Waals surface area (Å²) in [5, 5.41) is 2.67. The second kappa shape index (κ2) is 7.14. The van der Waals surface area contributed by atoms with E-state index in [0.29, 0.717) is 18.5 Å². The maximum atomic E-state index is 12.0. The molecule has 7 heteroatoms. The Balaban J connectivity index is 2.44. The van der Waals surface area contributed by atoms with Crippen LogP contribution in [0, 0.1) is 5.92 Å². The Morgan fingerprint density at radius 2 is 1.95 bits per heavy atom. The minimum Gasteiger partial charge on any atom is -0.406 e. The molecule has 1 atom stereocenters. The first-order chi connectivity index (χ1) is 9.30. The molecule has 0 aromatic heterocycles. The number of carbonyl (C=O) groups is 1. The van der Waals surface area contributed by atoms with E-state index in [-0.39, 0.29) is 24.1 Å². The molecule has 0 spiro atoms. The molecule has 20 heavy (non-hydrogen) atoms. The maximum Gasteiger partial charge on any atom is 0.573 e. The summed E-state index contributed by atoms with van der Waals surface area (Å²) in [6, 6.07) is 5.34. The SMILES string of the molecule is CC(CN)CC(=O)NCc1ccc(OC(F)(F)F)cc1. The van der Waals surface area contributed by atoms with Gasteiger partial charge >= 0.3 is 6.36 Å². The van der Waals surface area contributed by atoms with Crippen molar-refractivity contribution < 1.29 is 22.7 Å². The van der Waals surface area contributed by atoms with Crippen LogP contribution in [0.25, 0.3) is 0 Å². The van der Waals surface area contributed by atoms with Crippen molar-refractivity contribution in [3.8, 4) is 5.75 Å². The third kappa shape index (κ3) is 6.42. The lowest BCUT2D eigenvalue weighted by Crippen LogP contribution is -2.26. The van der Waals surface area contributed by atoms with E-state index < -0.39 is 6.36 Å². The molecule has 0 heterocycles. The summed E-state index contributed by atoms with van der Waals surface area (Å²) in [5.41, 5.74) is 6.10. The smallest absolute Gasteiger partial charge is 0.406 e. The zero-order valence-corrected chi connectivity index (χ0v) is 11.0. The van der Waals surface area contributed by atoms with Crippen LogP contribution in [0.5, 0.6) is 5.75 Å². The summed E-state index contributed by atoms with van der Waals surface area (Å²) in [6.07, 6.45) is -4.38. The van der Waals surface area contributed by atoms with Crippen LogP contribution in [-0.2, 0) is 11.3 Å². The fourth-order valence-electron chi connectivity index (χ4n) is 1.48. The van der Waals surface area contributed by atoms with Gasteiger partial charge in [0.1, 0.15) is 5.75 Å². The normalized spacial score (nSPS) is 12.8. The highest BCUT2D eigenvalue weighted by molar-refractivity contribution is 5.76. The molecule has 0 aliphatic rings. The molecule has 112 valence electrons. The number of nitrogens with one attached hydrogen (secondary N) is 1. The van der Waals surface area contributed by atoms with Crippen molar-refractivity contribution in [3.63, 3.8) is 0 Å². The van der Waals surface area contributed by atoms with Gasteiger partial charge in [-0.1, -0.05) is 19.1 Å². The summed E-state index contributed by atoms with van der Waals surface area (Å²) in [6.45, 7) is 2.54. The Labute approximate surface area is 115 Å². The van der Waals surface area contributed by atoms with E-state index in [9.17, 15) is 18.0 Å². The van der Waals surface area contributed by atoms with Crippen molar-refractivity contribution in [1.29, 1.82) is 0 Å². The lowest BCUT2D eigenvalue weighted by atomic mass is 10.1. The molecule has 1 amide bonds. The molecule has 3 N–H and O–H groups in total. The molecule has 0 saturated heterocycles. The van der Waals surface area contributed by atoms with Crippen LogP contribution in [0.15, 0.2) is 24.3 Å². The van der Waals surface area contributed by atoms with Crippen LogP contribution in [-0.4, -0.2) is 18.8 Å². The second-order valence-corrected chi connectivity index (χ2v) is 4.51. The number of alkyl halides is 3. The molecule has 4 nitrogen and oxygen atoms in total. The van der Waals surface area contributed by atoms with E-state index in [4.69, 9.17) is 5.73 Å². The van der Waals surface area contributed by atoms with Gasteiger partial charge < -0.3 is 15.8 Å². The van der Waals surface area contributed by atoms with Gasteiger partial charge in [-0.05, 0) is 30.2 Å². The van der Waals surface area contributed by atoms with E-state index in [1.165, 1.54) is 24.3 Å². The highest BCUT2D eigenvalue weighted by atomic mass is 19.4. The van der Waals surface area contributed by atoms with Crippen LogP contribution < -0.4 is 15.8 Å². The average Bonchev–Trinajstić information content (AvgIpc) is 2.36. The minimum atomic E-state index is -4.70. The molecular weight excluding hydrogens is 273 g/mol. The fraction of sp³-hybridized carbons (Fsp3) is 0.462. The van der Waals surface area contributed by atoms with Crippen molar-refractivity contribution >= 4 is 5.91 Å². The Morgan fingerprint density at radius 1 is 1.35 bits per heavy atom. The van der Waals surface area contributed by atoms with Gasteiger partial charge in [0.25, 0.3) is 0 Å². The summed E-state index contributed by atoms with van der Waals surface area (Å²) >= 11 is 0. The Hall–Kier alpha value is -1.76. The van der Waals surface area contributed by atoms with Gasteiger partial charge in [-0.2, -0.15) is 0 Å². The van der Waals surface area contributed by atoms with Crippen molar-refractivity contribution in [3.05, 3.63) is 29.8 Å². The molecule has 0 radical (unpaired) electrons. The van der Waals surface area contributed by atoms with E-state index in [1.807, 2.05) is 6.92 Å². The molecule has 1 unspecified atom stereocenters. The van der Waals surface area contributed by atoms with Crippen LogP contribution >= 0.6 is 0 Å². The van der Waals surface area contributed by atoms with Crippen molar-refractivity contribution in [2.45, 2.75) is 26.3 Å². The van der Waals surface area contributed by atoms with Gasteiger partial charge in [0.05, 0.1) is 0 Å². The predicted octanol–water partition coefficient (Wildman–Crippen LogP) is 2.19. The summed E-state index contributed by atoms with van der Waals surface area (Å²) in [5.74, 6) is -0.333. The van der Waals surface area contributed by atoms with E-state index in [2.05, 4.69) is 10.1 Å². The van der Waals surface area contributed by atoms with Gasteiger partial charge in [0, 0.05) is 13.0 Å².